The van der Waals surface area contributed by atoms with E-state index in [-0.39, 0.29) is 0 Å². The maximum atomic E-state index is 4.29. The molecule has 15 heavy (non-hydrogen) atoms. The molecular formula is C12H18N2S. The maximum Gasteiger partial charge on any atom is 0.182 e. The van der Waals surface area contributed by atoms with Crippen molar-refractivity contribution < 1.29 is 0 Å². The molecular weight excluding hydrogens is 204 g/mol. The molecule has 0 atom stereocenters. The lowest BCUT2D eigenvalue weighted by Crippen LogP contribution is -2.03. The predicted octanol–water partition coefficient (Wildman–Crippen LogP) is 3.75. The molecule has 82 valence electrons. The van der Waals surface area contributed by atoms with E-state index in [4.69, 9.17) is 0 Å². The minimum atomic E-state index is 1.03. The van der Waals surface area contributed by atoms with Crippen LogP contribution < -0.4 is 5.32 Å². The van der Waals surface area contributed by atoms with Crippen LogP contribution in [0.25, 0.3) is 0 Å². The molecule has 0 aliphatic heterocycles. The van der Waals surface area contributed by atoms with E-state index in [1.54, 1.807) is 16.9 Å². The van der Waals surface area contributed by atoms with Gasteiger partial charge in [-0.25, -0.2) is 4.98 Å². The van der Waals surface area contributed by atoms with Crippen LogP contribution in [0.1, 0.15) is 37.0 Å². The van der Waals surface area contributed by atoms with Crippen LogP contribution >= 0.6 is 11.3 Å². The summed E-state index contributed by atoms with van der Waals surface area (Å²) in [6.45, 7) is 3.12. The van der Waals surface area contributed by atoms with Crippen molar-refractivity contribution >= 4 is 16.5 Å². The summed E-state index contributed by atoms with van der Waals surface area (Å²) in [7, 11) is 0. The minimum absolute atomic E-state index is 1.03. The number of nitrogens with zero attached hydrogens (tertiary/aromatic N) is 1. The molecule has 1 aliphatic carbocycles. The van der Waals surface area contributed by atoms with Crippen LogP contribution in [0.5, 0.6) is 0 Å². The molecule has 0 fully saturated rings. The fourth-order valence-electron chi connectivity index (χ4n) is 1.90. The Balaban J connectivity index is 1.72. The van der Waals surface area contributed by atoms with Gasteiger partial charge >= 0.3 is 0 Å². The van der Waals surface area contributed by atoms with Gasteiger partial charge in [0.05, 0.1) is 0 Å². The number of allylic oxidation sites excluding steroid dienone is 1. The maximum absolute atomic E-state index is 4.29. The monoisotopic (exact) mass is 222 g/mol. The third-order valence-electron chi connectivity index (χ3n) is 2.73. The van der Waals surface area contributed by atoms with E-state index in [1.807, 2.05) is 6.20 Å². The Morgan fingerprint density at radius 2 is 2.40 bits per heavy atom. The van der Waals surface area contributed by atoms with Crippen LogP contribution in [-0.4, -0.2) is 11.5 Å². The summed E-state index contributed by atoms with van der Waals surface area (Å²) in [5.41, 5.74) is 1.63. The van der Waals surface area contributed by atoms with E-state index in [2.05, 4.69) is 23.3 Å². The van der Waals surface area contributed by atoms with Gasteiger partial charge in [-0.3, -0.25) is 0 Å². The fourth-order valence-corrected chi connectivity index (χ4v) is 2.59. The topological polar surface area (TPSA) is 24.9 Å². The van der Waals surface area contributed by atoms with Gasteiger partial charge in [0.15, 0.2) is 5.13 Å². The Bertz CT molecular complexity index is 341. The molecule has 2 rings (SSSR count). The van der Waals surface area contributed by atoms with Crippen LogP contribution in [0.4, 0.5) is 5.13 Å². The molecule has 0 saturated carbocycles. The number of nitrogens with one attached hydrogen (secondary N) is 1. The zero-order chi connectivity index (χ0) is 10.5. The molecule has 1 aromatic rings. The lowest BCUT2D eigenvalue weighted by atomic mass is 9.97. The zero-order valence-corrected chi connectivity index (χ0v) is 10.1. The van der Waals surface area contributed by atoms with Gasteiger partial charge in [0.2, 0.25) is 0 Å². The van der Waals surface area contributed by atoms with Crippen LogP contribution in [0.3, 0.4) is 0 Å². The Labute approximate surface area is 95.4 Å². The van der Waals surface area contributed by atoms with Gasteiger partial charge in [-0.05, 0) is 39.0 Å². The van der Waals surface area contributed by atoms with Gasteiger partial charge in [0.1, 0.15) is 0 Å². The summed E-state index contributed by atoms with van der Waals surface area (Å²) in [6, 6.07) is 0. The first-order valence-corrected chi connectivity index (χ1v) is 6.50. The molecule has 1 N–H and O–H groups in total. The highest BCUT2D eigenvalue weighted by Gasteiger charge is 2.03. The second-order valence-corrected chi connectivity index (χ2v) is 5.30. The lowest BCUT2D eigenvalue weighted by Gasteiger charge is -2.12. The first-order chi connectivity index (χ1) is 7.34. The van der Waals surface area contributed by atoms with Crippen molar-refractivity contribution in [3.05, 3.63) is 22.7 Å². The SMILES string of the molecule is Cc1cnc(NCCC2=CCCCC2)s1. The largest absolute Gasteiger partial charge is 0.361 e. The summed E-state index contributed by atoms with van der Waals surface area (Å²) < 4.78 is 0. The van der Waals surface area contributed by atoms with Gasteiger partial charge in [0, 0.05) is 17.6 Å². The zero-order valence-electron chi connectivity index (χ0n) is 9.25. The van der Waals surface area contributed by atoms with E-state index < -0.39 is 0 Å². The van der Waals surface area contributed by atoms with Crippen molar-refractivity contribution in [2.24, 2.45) is 0 Å². The molecule has 2 nitrogen and oxygen atoms in total. The highest BCUT2D eigenvalue weighted by molar-refractivity contribution is 7.15. The Morgan fingerprint density at radius 3 is 3.07 bits per heavy atom. The van der Waals surface area contributed by atoms with Crippen molar-refractivity contribution in [3.63, 3.8) is 0 Å². The Morgan fingerprint density at radius 1 is 1.47 bits per heavy atom. The van der Waals surface area contributed by atoms with E-state index in [0.717, 1.165) is 11.7 Å². The lowest BCUT2D eigenvalue weighted by molar-refractivity contribution is 0.679. The van der Waals surface area contributed by atoms with Crippen molar-refractivity contribution in [1.29, 1.82) is 0 Å². The molecule has 1 aliphatic rings. The summed E-state index contributed by atoms with van der Waals surface area (Å²) >= 11 is 1.73. The number of aryl methyl sites for hydroxylation is 1. The molecule has 0 saturated heterocycles. The average molecular weight is 222 g/mol. The Kier molecular flexibility index (Phi) is 3.78. The molecule has 0 amide bonds. The number of thiazole rings is 1. The number of aromatic nitrogens is 1. The molecule has 3 heteroatoms. The van der Waals surface area contributed by atoms with E-state index in [0.29, 0.717) is 0 Å². The smallest absolute Gasteiger partial charge is 0.182 e. The molecule has 0 aromatic carbocycles. The van der Waals surface area contributed by atoms with Crippen LogP contribution in [0.2, 0.25) is 0 Å². The number of anilines is 1. The molecule has 0 bridgehead atoms. The second-order valence-electron chi connectivity index (χ2n) is 4.06. The van der Waals surface area contributed by atoms with Crippen LogP contribution in [0.15, 0.2) is 17.8 Å². The average Bonchev–Trinajstić information content (AvgIpc) is 2.66. The summed E-state index contributed by atoms with van der Waals surface area (Å²) in [5, 5.41) is 4.44. The van der Waals surface area contributed by atoms with Gasteiger partial charge in [-0.1, -0.05) is 11.6 Å². The van der Waals surface area contributed by atoms with Crippen LogP contribution in [0, 0.1) is 6.92 Å². The summed E-state index contributed by atoms with van der Waals surface area (Å²) in [6.07, 6.45) is 10.9. The van der Waals surface area contributed by atoms with E-state index >= 15 is 0 Å². The quantitative estimate of drug-likeness (QED) is 0.785. The normalized spacial score (nSPS) is 16.2. The first kappa shape index (κ1) is 10.7. The minimum Gasteiger partial charge on any atom is -0.361 e. The fraction of sp³-hybridized carbons (Fsp3) is 0.583. The van der Waals surface area contributed by atoms with E-state index in [9.17, 15) is 0 Å². The highest BCUT2D eigenvalue weighted by atomic mass is 32.1. The van der Waals surface area contributed by atoms with Gasteiger partial charge < -0.3 is 5.32 Å². The third kappa shape index (κ3) is 3.34. The van der Waals surface area contributed by atoms with Gasteiger partial charge in [0.25, 0.3) is 0 Å². The summed E-state index contributed by atoms with van der Waals surface area (Å²) in [4.78, 5) is 5.56. The molecule has 0 spiro atoms. The second kappa shape index (κ2) is 5.31. The highest BCUT2D eigenvalue weighted by Crippen LogP contribution is 2.21. The first-order valence-electron chi connectivity index (χ1n) is 5.69. The molecule has 1 heterocycles. The molecule has 1 aromatic heterocycles. The van der Waals surface area contributed by atoms with Crippen molar-refractivity contribution in [1.82, 2.24) is 4.98 Å². The Hall–Kier alpha value is -0.830. The molecule has 0 unspecified atom stereocenters. The van der Waals surface area contributed by atoms with Gasteiger partial charge in [-0.2, -0.15) is 0 Å². The van der Waals surface area contributed by atoms with Crippen molar-refractivity contribution in [2.75, 3.05) is 11.9 Å². The van der Waals surface area contributed by atoms with Crippen molar-refractivity contribution in [3.8, 4) is 0 Å². The number of hydrogen-bond acceptors (Lipinski definition) is 3. The number of rotatable bonds is 4. The van der Waals surface area contributed by atoms with E-state index in [1.165, 1.54) is 37.0 Å². The van der Waals surface area contributed by atoms with Gasteiger partial charge in [-0.15, -0.1) is 11.3 Å². The third-order valence-corrected chi connectivity index (χ3v) is 3.60. The van der Waals surface area contributed by atoms with Crippen LogP contribution in [-0.2, 0) is 0 Å². The molecule has 0 radical (unpaired) electrons. The standard InChI is InChI=1S/C12H18N2S/c1-10-9-14-12(15-10)13-8-7-11-5-3-2-4-6-11/h5,9H,2-4,6-8H2,1H3,(H,13,14). The summed E-state index contributed by atoms with van der Waals surface area (Å²) in [5.74, 6) is 0. The number of hydrogen-bond donors (Lipinski definition) is 1. The predicted molar refractivity (Wildman–Crippen MR) is 66.5 cm³/mol. The van der Waals surface area contributed by atoms with Crippen molar-refractivity contribution in [2.45, 2.75) is 39.0 Å².